The molecule has 5 nitrogen and oxygen atoms in total. The molecule has 0 aliphatic rings. The van der Waals surface area contributed by atoms with Crippen LogP contribution in [0.4, 0.5) is 11.4 Å². The van der Waals surface area contributed by atoms with E-state index >= 15 is 0 Å². The number of ether oxygens (including phenoxy) is 1. The van der Waals surface area contributed by atoms with Crippen molar-refractivity contribution in [1.82, 2.24) is 0 Å². The first-order chi connectivity index (χ1) is 13.9. The van der Waals surface area contributed by atoms with E-state index in [9.17, 15) is 4.21 Å². The van der Waals surface area contributed by atoms with Gasteiger partial charge in [0.2, 0.25) is 0 Å². The van der Waals surface area contributed by atoms with Crippen LogP contribution in [0.15, 0.2) is 65.4 Å². The van der Waals surface area contributed by atoms with Crippen molar-refractivity contribution in [2.24, 2.45) is 5.14 Å². The van der Waals surface area contributed by atoms with Crippen LogP contribution in [0.5, 0.6) is 5.75 Å². The molecule has 0 aliphatic carbocycles. The van der Waals surface area contributed by atoms with Crippen molar-refractivity contribution in [3.8, 4) is 16.2 Å². The number of hydrogen-bond donors (Lipinski definition) is 3. The van der Waals surface area contributed by atoms with Crippen molar-refractivity contribution in [2.45, 2.75) is 24.5 Å². The van der Waals surface area contributed by atoms with E-state index in [-0.39, 0.29) is 0 Å². The highest BCUT2D eigenvalue weighted by molar-refractivity contribution is 7.85. The molecule has 0 aliphatic heterocycles. The Balaban J connectivity index is 0.000000941. The molecular weight excluding hydrogens is 402 g/mol. The Labute approximate surface area is 179 Å². The average molecular weight is 430 g/mol. The fourth-order valence-corrected chi connectivity index (χ4v) is 3.96. The van der Waals surface area contributed by atoms with Gasteiger partial charge in [0.05, 0.1) is 18.5 Å². The van der Waals surface area contributed by atoms with Crippen molar-refractivity contribution >= 4 is 39.4 Å². The highest BCUT2D eigenvalue weighted by Gasteiger charge is 2.09. The number of nitrogens with one attached hydrogen (secondary N) is 1. The molecule has 0 amide bonds. The van der Waals surface area contributed by atoms with Crippen LogP contribution in [0, 0.1) is 0 Å². The summed E-state index contributed by atoms with van der Waals surface area (Å²) in [5.41, 5.74) is 10.1. The van der Waals surface area contributed by atoms with Gasteiger partial charge in [0.15, 0.2) is 0 Å². The first-order valence-corrected chi connectivity index (χ1v) is 11.2. The van der Waals surface area contributed by atoms with Gasteiger partial charge in [-0.05, 0) is 59.7 Å². The minimum absolute atomic E-state index is 0.614. The van der Waals surface area contributed by atoms with Gasteiger partial charge in [-0.3, -0.25) is 0 Å². The molecule has 1 unspecified atom stereocenters. The van der Waals surface area contributed by atoms with E-state index in [1.165, 1.54) is 17.8 Å². The van der Waals surface area contributed by atoms with Crippen LogP contribution in [0.25, 0.3) is 16.1 Å². The van der Waals surface area contributed by atoms with Gasteiger partial charge in [-0.15, -0.1) is 11.3 Å². The lowest BCUT2D eigenvalue weighted by molar-refractivity contribution is 0.415. The molecule has 3 rings (SSSR count). The molecule has 1 aromatic heterocycles. The van der Waals surface area contributed by atoms with Gasteiger partial charge in [0.1, 0.15) is 20.9 Å². The number of nitrogens with two attached hydrogens (primary N) is 2. The molecule has 0 radical (unpaired) electrons. The van der Waals surface area contributed by atoms with Crippen LogP contribution in [0.1, 0.15) is 25.8 Å². The summed E-state index contributed by atoms with van der Waals surface area (Å²) in [7, 11) is 0.155. The van der Waals surface area contributed by atoms with Crippen molar-refractivity contribution in [2.75, 3.05) is 18.2 Å². The van der Waals surface area contributed by atoms with Gasteiger partial charge in [0, 0.05) is 10.6 Å². The number of nitrogen functional groups attached to an aromatic ring is 1. The Kier molecular flexibility index (Phi) is 8.45. The first-order valence-electron chi connectivity index (χ1n) is 9.15. The Hall–Kier alpha value is -2.61. The Morgan fingerprint density at radius 1 is 1.14 bits per heavy atom. The molecule has 0 fully saturated rings. The minimum Gasteiger partial charge on any atom is -0.497 e. The highest BCUT2D eigenvalue weighted by Crippen LogP contribution is 2.34. The Bertz CT molecular complexity index is 982. The second kappa shape index (κ2) is 10.8. The molecule has 0 bridgehead atoms. The van der Waals surface area contributed by atoms with Crippen molar-refractivity contribution in [1.29, 1.82) is 0 Å². The molecule has 5 N–H and O–H groups in total. The largest absolute Gasteiger partial charge is 0.497 e. The lowest BCUT2D eigenvalue weighted by atomic mass is 10.1. The third-order valence-electron chi connectivity index (χ3n) is 3.84. The lowest BCUT2D eigenvalue weighted by Crippen LogP contribution is -2.01. The maximum atomic E-state index is 11.4. The summed E-state index contributed by atoms with van der Waals surface area (Å²) in [5.74, 6) is 0.786. The Morgan fingerprint density at radius 2 is 1.79 bits per heavy atom. The molecule has 1 heterocycles. The minimum atomic E-state index is -1.47. The number of rotatable bonds is 6. The molecule has 7 heteroatoms. The van der Waals surface area contributed by atoms with E-state index in [1.54, 1.807) is 13.2 Å². The van der Waals surface area contributed by atoms with Gasteiger partial charge in [0.25, 0.3) is 0 Å². The molecule has 0 spiro atoms. The molecular formula is C22H27N3O2S2. The van der Waals surface area contributed by atoms with Crippen LogP contribution < -0.4 is 20.9 Å². The van der Waals surface area contributed by atoms with E-state index in [2.05, 4.69) is 25.7 Å². The zero-order valence-electron chi connectivity index (χ0n) is 16.9. The summed E-state index contributed by atoms with van der Waals surface area (Å²) < 4.78 is 17.2. The van der Waals surface area contributed by atoms with Crippen molar-refractivity contribution < 1.29 is 8.95 Å². The van der Waals surface area contributed by atoms with E-state index in [1.807, 2.05) is 48.5 Å². The van der Waals surface area contributed by atoms with E-state index in [0.717, 1.165) is 33.1 Å². The third kappa shape index (κ3) is 6.19. The number of methoxy groups -OCH3 is 1. The highest BCUT2D eigenvalue weighted by atomic mass is 32.2. The molecule has 2 aromatic carbocycles. The van der Waals surface area contributed by atoms with Gasteiger partial charge in [-0.25, -0.2) is 9.35 Å². The first kappa shape index (κ1) is 22.7. The van der Waals surface area contributed by atoms with Gasteiger partial charge in [-0.2, -0.15) is 0 Å². The SMILES string of the molecule is C=C(Nc1cc(-c2ccc(S(N)=O)s2)ccc1N)c1ccc(OC)cc1.CCC. The second-order valence-corrected chi connectivity index (χ2v) is 8.63. The number of benzene rings is 2. The van der Waals surface area contributed by atoms with Crippen LogP contribution in [-0.4, -0.2) is 11.3 Å². The Morgan fingerprint density at radius 3 is 2.34 bits per heavy atom. The predicted octanol–water partition coefficient (Wildman–Crippen LogP) is 5.49. The van der Waals surface area contributed by atoms with Gasteiger partial charge < -0.3 is 15.8 Å². The van der Waals surface area contributed by atoms with Gasteiger partial charge in [-0.1, -0.05) is 32.9 Å². The summed E-state index contributed by atoms with van der Waals surface area (Å²) in [6, 6.07) is 17.0. The van der Waals surface area contributed by atoms with E-state index < -0.39 is 11.0 Å². The molecule has 1 atom stereocenters. The summed E-state index contributed by atoms with van der Waals surface area (Å²) in [5, 5.41) is 8.70. The zero-order chi connectivity index (χ0) is 21.4. The number of anilines is 2. The predicted molar refractivity (Wildman–Crippen MR) is 126 cm³/mol. The summed E-state index contributed by atoms with van der Waals surface area (Å²) in [6.45, 7) is 8.33. The normalized spacial score (nSPS) is 11.2. The van der Waals surface area contributed by atoms with Crippen LogP contribution in [0.3, 0.4) is 0 Å². The monoisotopic (exact) mass is 429 g/mol. The molecule has 29 heavy (non-hydrogen) atoms. The van der Waals surface area contributed by atoms with E-state index in [0.29, 0.717) is 9.90 Å². The fourth-order valence-electron chi connectivity index (χ4n) is 2.43. The maximum absolute atomic E-state index is 11.4. The maximum Gasteiger partial charge on any atom is 0.132 e. The standard InChI is InChI=1S/C19H19N3O2S2.C3H8/c1-12(13-3-6-15(24-2)7-4-13)22-17-11-14(5-8-16(17)20)18-9-10-19(25-18)26(21)23;1-3-2/h3-11,22H,1,20-21H2,2H3;3H2,1-2H3. The van der Waals surface area contributed by atoms with Crippen molar-refractivity contribution in [3.63, 3.8) is 0 Å². The quantitative estimate of drug-likeness (QED) is 0.452. The smallest absolute Gasteiger partial charge is 0.132 e. The lowest BCUT2D eigenvalue weighted by Gasteiger charge is -2.13. The van der Waals surface area contributed by atoms with Crippen LogP contribution in [-0.2, 0) is 11.0 Å². The molecule has 3 aromatic rings. The fraction of sp³-hybridized carbons (Fsp3) is 0.182. The third-order valence-corrected chi connectivity index (χ3v) is 6.05. The summed E-state index contributed by atoms with van der Waals surface area (Å²) >= 11 is 1.40. The van der Waals surface area contributed by atoms with E-state index in [4.69, 9.17) is 15.6 Å². The van der Waals surface area contributed by atoms with Crippen LogP contribution >= 0.6 is 11.3 Å². The van der Waals surface area contributed by atoms with Crippen LogP contribution in [0.2, 0.25) is 0 Å². The number of thiophene rings is 1. The number of hydrogen-bond acceptors (Lipinski definition) is 5. The van der Waals surface area contributed by atoms with Crippen molar-refractivity contribution in [3.05, 3.63) is 66.7 Å². The summed E-state index contributed by atoms with van der Waals surface area (Å²) in [4.78, 5) is 0.969. The second-order valence-electron chi connectivity index (χ2n) is 6.26. The topological polar surface area (TPSA) is 90.4 Å². The molecule has 154 valence electrons. The average Bonchev–Trinajstić information content (AvgIpc) is 3.21. The molecule has 0 saturated carbocycles. The zero-order valence-corrected chi connectivity index (χ0v) is 18.5. The molecule has 0 saturated heterocycles. The van der Waals surface area contributed by atoms with Gasteiger partial charge >= 0.3 is 0 Å². The summed E-state index contributed by atoms with van der Waals surface area (Å²) in [6.07, 6.45) is 1.25.